The predicted octanol–water partition coefficient (Wildman–Crippen LogP) is 3.32. The van der Waals surface area contributed by atoms with Crippen LogP contribution in [0, 0.1) is 0 Å². The molecule has 0 aliphatic heterocycles. The van der Waals surface area contributed by atoms with E-state index in [0.29, 0.717) is 12.1 Å². The van der Waals surface area contributed by atoms with Crippen LogP contribution in [0.3, 0.4) is 0 Å². The van der Waals surface area contributed by atoms with Gasteiger partial charge in [-0.15, -0.1) is 11.3 Å². The van der Waals surface area contributed by atoms with E-state index in [0.717, 1.165) is 16.9 Å². The van der Waals surface area contributed by atoms with Crippen molar-refractivity contribution in [2.75, 3.05) is 5.73 Å². The van der Waals surface area contributed by atoms with Crippen LogP contribution in [0.15, 0.2) is 40.6 Å². The van der Waals surface area contributed by atoms with Gasteiger partial charge in [0.05, 0.1) is 10.9 Å². The lowest BCUT2D eigenvalue weighted by Gasteiger charge is -2.16. The van der Waals surface area contributed by atoms with Gasteiger partial charge in [0.2, 0.25) is 10.0 Å². The number of hydrogen-bond acceptors (Lipinski definition) is 4. The van der Waals surface area contributed by atoms with Gasteiger partial charge in [0.1, 0.15) is 0 Å². The summed E-state index contributed by atoms with van der Waals surface area (Å²) >= 11 is 1.55. The third-order valence-corrected chi connectivity index (χ3v) is 5.86. The lowest BCUT2D eigenvalue weighted by atomic mass is 10.1. The first-order chi connectivity index (χ1) is 9.97. The molecular weight excluding hydrogens is 304 g/mol. The van der Waals surface area contributed by atoms with E-state index in [-0.39, 0.29) is 10.9 Å². The SMILES string of the molecule is CCc1ccc(S(=O)(=O)NC(CC)c2cccs2)cc1N. The van der Waals surface area contributed by atoms with Crippen molar-refractivity contribution in [2.45, 2.75) is 37.6 Å². The summed E-state index contributed by atoms with van der Waals surface area (Å²) in [4.78, 5) is 1.23. The Morgan fingerprint density at radius 1 is 1.29 bits per heavy atom. The molecular formula is C15H20N2O2S2. The molecule has 0 saturated carbocycles. The van der Waals surface area contributed by atoms with Crippen LogP contribution in [0.4, 0.5) is 5.69 Å². The highest BCUT2D eigenvalue weighted by Crippen LogP contribution is 2.25. The molecule has 4 nitrogen and oxygen atoms in total. The summed E-state index contributed by atoms with van der Waals surface area (Å²) < 4.78 is 27.7. The summed E-state index contributed by atoms with van der Waals surface area (Å²) in [5.41, 5.74) is 7.37. The first-order valence-corrected chi connectivity index (χ1v) is 9.28. The molecule has 0 aliphatic rings. The third-order valence-electron chi connectivity index (χ3n) is 3.40. The highest BCUT2D eigenvalue weighted by Gasteiger charge is 2.21. The Hall–Kier alpha value is -1.37. The van der Waals surface area contributed by atoms with Crippen LogP contribution in [-0.2, 0) is 16.4 Å². The maximum atomic E-state index is 12.5. The largest absolute Gasteiger partial charge is 0.398 e. The molecule has 0 spiro atoms. The Morgan fingerprint density at radius 3 is 2.57 bits per heavy atom. The van der Waals surface area contributed by atoms with E-state index in [4.69, 9.17) is 5.73 Å². The van der Waals surface area contributed by atoms with Gasteiger partial charge in [-0.1, -0.05) is 26.0 Å². The van der Waals surface area contributed by atoms with E-state index in [9.17, 15) is 8.42 Å². The van der Waals surface area contributed by atoms with Gasteiger partial charge < -0.3 is 5.73 Å². The van der Waals surface area contributed by atoms with Crippen molar-refractivity contribution in [1.82, 2.24) is 4.72 Å². The summed E-state index contributed by atoms with van der Waals surface area (Å²) in [5.74, 6) is 0. The first kappa shape index (κ1) is 16.0. The number of rotatable bonds is 6. The van der Waals surface area contributed by atoms with Gasteiger partial charge in [-0.25, -0.2) is 13.1 Å². The number of thiophene rings is 1. The zero-order valence-corrected chi connectivity index (χ0v) is 13.8. The number of nitrogens with one attached hydrogen (secondary N) is 1. The molecule has 1 atom stereocenters. The molecule has 114 valence electrons. The fourth-order valence-corrected chi connectivity index (χ4v) is 4.42. The predicted molar refractivity (Wildman–Crippen MR) is 87.9 cm³/mol. The molecule has 1 aromatic carbocycles. The minimum absolute atomic E-state index is 0.206. The number of aryl methyl sites for hydroxylation is 1. The van der Waals surface area contributed by atoms with Crippen molar-refractivity contribution in [1.29, 1.82) is 0 Å². The Balaban J connectivity index is 2.27. The van der Waals surface area contributed by atoms with Gasteiger partial charge in [0.25, 0.3) is 0 Å². The van der Waals surface area contributed by atoms with E-state index >= 15 is 0 Å². The molecule has 2 rings (SSSR count). The second-order valence-electron chi connectivity index (χ2n) is 4.81. The maximum Gasteiger partial charge on any atom is 0.241 e. The number of nitrogen functional groups attached to an aromatic ring is 1. The highest BCUT2D eigenvalue weighted by molar-refractivity contribution is 7.89. The van der Waals surface area contributed by atoms with E-state index in [1.54, 1.807) is 23.5 Å². The summed E-state index contributed by atoms with van der Waals surface area (Å²) in [6, 6.07) is 8.57. The molecule has 0 radical (unpaired) electrons. The van der Waals surface area contributed by atoms with Crippen molar-refractivity contribution < 1.29 is 8.42 Å². The minimum Gasteiger partial charge on any atom is -0.398 e. The quantitative estimate of drug-likeness (QED) is 0.801. The molecule has 0 saturated heterocycles. The monoisotopic (exact) mass is 324 g/mol. The van der Waals surface area contributed by atoms with Crippen LogP contribution >= 0.6 is 11.3 Å². The van der Waals surface area contributed by atoms with Crippen LogP contribution in [-0.4, -0.2) is 8.42 Å². The van der Waals surface area contributed by atoms with Crippen molar-refractivity contribution in [3.63, 3.8) is 0 Å². The van der Waals surface area contributed by atoms with E-state index in [1.165, 1.54) is 6.07 Å². The van der Waals surface area contributed by atoms with Crippen molar-refractivity contribution in [3.8, 4) is 0 Å². The van der Waals surface area contributed by atoms with Gasteiger partial charge in [-0.3, -0.25) is 0 Å². The number of sulfonamides is 1. The minimum atomic E-state index is -3.57. The smallest absolute Gasteiger partial charge is 0.241 e. The fraction of sp³-hybridized carbons (Fsp3) is 0.333. The number of benzene rings is 1. The summed E-state index contributed by atoms with van der Waals surface area (Å²) in [6.45, 7) is 3.95. The maximum absolute atomic E-state index is 12.5. The zero-order chi connectivity index (χ0) is 15.5. The second-order valence-corrected chi connectivity index (χ2v) is 7.50. The van der Waals surface area contributed by atoms with Gasteiger partial charge in [-0.2, -0.15) is 0 Å². The molecule has 0 amide bonds. The first-order valence-electron chi connectivity index (χ1n) is 6.92. The average Bonchev–Trinajstić information content (AvgIpc) is 2.98. The molecule has 6 heteroatoms. The Kier molecular flexibility index (Phi) is 5.03. The van der Waals surface area contributed by atoms with Crippen LogP contribution in [0.5, 0.6) is 0 Å². The normalized spacial score (nSPS) is 13.2. The summed E-state index contributed by atoms with van der Waals surface area (Å²) in [7, 11) is -3.57. The number of nitrogens with two attached hydrogens (primary N) is 1. The second kappa shape index (κ2) is 6.60. The molecule has 0 bridgehead atoms. The highest BCUT2D eigenvalue weighted by atomic mass is 32.2. The van der Waals surface area contributed by atoms with Gasteiger partial charge in [0, 0.05) is 10.6 Å². The Bertz CT molecular complexity index is 694. The standard InChI is InChI=1S/C15H20N2O2S2/c1-3-11-7-8-12(10-13(11)16)21(18,19)17-14(4-2)15-6-5-9-20-15/h5-10,14,17H,3-4,16H2,1-2H3. The molecule has 21 heavy (non-hydrogen) atoms. The molecule has 0 aliphatic carbocycles. The lowest BCUT2D eigenvalue weighted by Crippen LogP contribution is -2.28. The fourth-order valence-electron chi connectivity index (χ4n) is 2.15. The van der Waals surface area contributed by atoms with Crippen LogP contribution in [0.25, 0.3) is 0 Å². The molecule has 1 aromatic heterocycles. The van der Waals surface area contributed by atoms with Crippen LogP contribution in [0.2, 0.25) is 0 Å². The van der Waals surface area contributed by atoms with Gasteiger partial charge >= 0.3 is 0 Å². The van der Waals surface area contributed by atoms with Crippen molar-refractivity contribution in [3.05, 3.63) is 46.2 Å². The molecule has 3 N–H and O–H groups in total. The van der Waals surface area contributed by atoms with E-state index < -0.39 is 10.0 Å². The van der Waals surface area contributed by atoms with E-state index in [1.807, 2.05) is 31.4 Å². The van der Waals surface area contributed by atoms with Gasteiger partial charge in [-0.05, 0) is 42.0 Å². The topological polar surface area (TPSA) is 72.2 Å². The van der Waals surface area contributed by atoms with Crippen molar-refractivity contribution in [2.24, 2.45) is 0 Å². The Morgan fingerprint density at radius 2 is 2.05 bits per heavy atom. The van der Waals surface area contributed by atoms with Crippen molar-refractivity contribution >= 4 is 27.0 Å². The summed E-state index contributed by atoms with van der Waals surface area (Å²) in [5, 5.41) is 1.94. The molecule has 1 unspecified atom stereocenters. The van der Waals surface area contributed by atoms with E-state index in [2.05, 4.69) is 4.72 Å². The summed E-state index contributed by atoms with van der Waals surface area (Å²) in [6.07, 6.45) is 1.48. The lowest BCUT2D eigenvalue weighted by molar-refractivity contribution is 0.553. The third kappa shape index (κ3) is 3.64. The van der Waals surface area contributed by atoms with Crippen LogP contribution < -0.4 is 10.5 Å². The van der Waals surface area contributed by atoms with Gasteiger partial charge in [0.15, 0.2) is 0 Å². The number of hydrogen-bond donors (Lipinski definition) is 2. The van der Waals surface area contributed by atoms with Crippen LogP contribution in [0.1, 0.15) is 36.8 Å². The number of anilines is 1. The average molecular weight is 324 g/mol. The molecule has 1 heterocycles. The zero-order valence-electron chi connectivity index (χ0n) is 12.2. The Labute approximate surface area is 130 Å². The molecule has 2 aromatic rings. The molecule has 0 fully saturated rings.